The molecule has 3 radical (unpaired) electrons. The zero-order chi connectivity index (χ0) is 23.2. The Morgan fingerprint density at radius 1 is 1.03 bits per heavy atom. The first-order valence-electron chi connectivity index (χ1n) is 10.1. The Kier molecular flexibility index (Phi) is 7.15. The second-order valence-corrected chi connectivity index (χ2v) is 9.48. The number of aromatic nitrogens is 3. The molecule has 0 spiro atoms. The molecule has 1 amide bonds. The molecule has 1 unspecified atom stereocenters. The van der Waals surface area contributed by atoms with Crippen LogP contribution in [0.3, 0.4) is 0 Å². The van der Waals surface area contributed by atoms with E-state index >= 15 is 0 Å². The summed E-state index contributed by atoms with van der Waals surface area (Å²) in [6.45, 7) is 0. The Labute approximate surface area is 206 Å². The quantitative estimate of drug-likeness (QED) is 0.142. The molecule has 163 valence electrons. The van der Waals surface area contributed by atoms with Gasteiger partial charge in [-0.25, -0.2) is 0 Å². The third-order valence-electron chi connectivity index (χ3n) is 5.03. The van der Waals surface area contributed by atoms with Gasteiger partial charge in [-0.1, -0.05) is 0 Å². The van der Waals surface area contributed by atoms with Gasteiger partial charge >= 0.3 is 207 Å². The predicted molar refractivity (Wildman–Crippen MR) is 126 cm³/mol. The van der Waals surface area contributed by atoms with Crippen LogP contribution in [0.25, 0.3) is 22.4 Å². The minimum absolute atomic E-state index is 0.354. The number of nitrogens with zero attached hydrogens (tertiary/aromatic N) is 3. The second kappa shape index (κ2) is 10.4. The fourth-order valence-corrected chi connectivity index (χ4v) is 3.81. The van der Waals surface area contributed by atoms with Crippen molar-refractivity contribution in [3.8, 4) is 22.4 Å². The van der Waals surface area contributed by atoms with E-state index in [1.165, 1.54) is 0 Å². The summed E-state index contributed by atoms with van der Waals surface area (Å²) in [6, 6.07) is 24.7. The molecule has 0 aliphatic rings. The topological polar surface area (TPSA) is 118 Å². The van der Waals surface area contributed by atoms with Crippen LogP contribution in [0.2, 0.25) is 0 Å². The molecule has 3 aromatic carbocycles. The third-order valence-corrected chi connectivity index (χ3v) is 5.59. The summed E-state index contributed by atoms with van der Waals surface area (Å²) < 4.78 is 2.46. The first kappa shape index (κ1) is 22.7. The van der Waals surface area contributed by atoms with Gasteiger partial charge in [0, 0.05) is 0 Å². The van der Waals surface area contributed by atoms with Crippen molar-refractivity contribution < 1.29 is 10.0 Å². The van der Waals surface area contributed by atoms with Crippen molar-refractivity contribution >= 4 is 31.7 Å². The van der Waals surface area contributed by atoms with E-state index in [2.05, 4.69) is 15.6 Å². The van der Waals surface area contributed by atoms with Crippen LogP contribution in [-0.2, 0) is 0 Å². The van der Waals surface area contributed by atoms with Gasteiger partial charge in [-0.3, -0.25) is 0 Å². The fourth-order valence-electron chi connectivity index (χ4n) is 3.48. The summed E-state index contributed by atoms with van der Waals surface area (Å²) >= 11 is 0.709. The number of nitrogens with one attached hydrogen (secondary N) is 2. The monoisotopic (exact) mass is 633 g/mol. The average molecular weight is 633 g/mol. The summed E-state index contributed by atoms with van der Waals surface area (Å²) in [5.74, 6) is -0.583. The molecule has 0 aliphatic carbocycles. The number of carbonyl (C=O) groups excluding carboxylic acids is 1. The molecule has 1 atom stereocenters. The number of hydroxylamine groups is 1. The normalized spacial score (nSPS) is 12.2. The summed E-state index contributed by atoms with van der Waals surface area (Å²) in [4.78, 5) is 12.3. The van der Waals surface area contributed by atoms with Gasteiger partial charge in [-0.15, -0.1) is 0 Å². The Hall–Kier alpha value is -3.51. The Morgan fingerprint density at radius 3 is 2.33 bits per heavy atom. The molecule has 5 N–H and O–H groups in total. The molecule has 33 heavy (non-hydrogen) atoms. The Morgan fingerprint density at radius 2 is 1.70 bits per heavy atom. The Bertz CT molecular complexity index is 1270. The maximum absolute atomic E-state index is 12.3. The summed E-state index contributed by atoms with van der Waals surface area (Å²) in [7, 11) is 0. The molecule has 0 aliphatic heterocycles. The van der Waals surface area contributed by atoms with E-state index < -0.39 is 12.1 Å². The zero-order valence-corrected chi connectivity index (χ0v) is 21.4. The first-order chi connectivity index (χ1) is 16.1. The number of carbonyl (C=O) groups is 1. The van der Waals surface area contributed by atoms with Crippen molar-refractivity contribution in [1.29, 1.82) is 0 Å². The van der Waals surface area contributed by atoms with Crippen molar-refractivity contribution in [2.75, 3.05) is 0 Å². The molecule has 1 aromatic heterocycles. The van der Waals surface area contributed by atoms with Crippen LogP contribution >= 0.6 is 0 Å². The summed E-state index contributed by atoms with van der Waals surface area (Å²) in [5, 5.41) is 21.2. The van der Waals surface area contributed by atoms with E-state index in [1.54, 1.807) is 22.4 Å². The van der Waals surface area contributed by atoms with E-state index in [0.717, 1.165) is 25.6 Å². The second-order valence-electron chi connectivity index (χ2n) is 7.23. The molecular formula is C24H21N6O2Pb. The molecule has 0 bridgehead atoms. The van der Waals surface area contributed by atoms with Gasteiger partial charge in [-0.05, 0) is 0 Å². The van der Waals surface area contributed by atoms with Crippen LogP contribution in [0, 0.1) is 0 Å². The number of hydrogen-bond donors (Lipinski definition) is 4. The van der Waals surface area contributed by atoms with Gasteiger partial charge in [-0.2, -0.15) is 0 Å². The molecule has 9 heteroatoms. The average Bonchev–Trinajstić information content (AvgIpc) is 3.34. The van der Waals surface area contributed by atoms with Crippen LogP contribution < -0.4 is 16.5 Å². The standard InChI is InChI=1S/C24H21N6O2.Pb/c25-13-14-26-23(30-16-22(27-29-30)18-9-5-2-6-10-18)19-11-12-20(24(31)28-32)21(15-19)17-7-3-1-4-8-17;/h1-12,14-16,23,26,32H,25H2,(H,28,31);. The molecular weight excluding hydrogens is 612 g/mol. The van der Waals surface area contributed by atoms with Crippen molar-refractivity contribution in [2.45, 2.75) is 6.17 Å². The van der Waals surface area contributed by atoms with Crippen LogP contribution in [0.4, 0.5) is 0 Å². The fraction of sp³-hybridized carbons (Fsp3) is 0.0417. The van der Waals surface area contributed by atoms with E-state index in [1.807, 2.05) is 79.0 Å². The van der Waals surface area contributed by atoms with Crippen molar-refractivity contribution in [3.05, 3.63) is 106 Å². The van der Waals surface area contributed by atoms with E-state index in [-0.39, 0.29) is 0 Å². The van der Waals surface area contributed by atoms with Crippen LogP contribution in [0.15, 0.2) is 94.5 Å². The SMILES string of the molecule is N/[C]([Pb])=C\NC(c1ccc(C(=O)NO)c(-c2ccccc2)c1)n1cc(-c2ccccc2)nn1. The van der Waals surface area contributed by atoms with Crippen LogP contribution in [0.5, 0.6) is 0 Å². The maximum atomic E-state index is 12.3. The third kappa shape index (κ3) is 5.29. The first-order valence-corrected chi connectivity index (χ1v) is 12.1. The number of rotatable bonds is 7. The number of nitrogens with two attached hydrogens (primary N) is 1. The molecule has 4 rings (SSSR count). The van der Waals surface area contributed by atoms with Crippen molar-refractivity contribution in [1.82, 2.24) is 25.8 Å². The van der Waals surface area contributed by atoms with Gasteiger partial charge < -0.3 is 0 Å². The van der Waals surface area contributed by atoms with Gasteiger partial charge in [0.25, 0.3) is 0 Å². The number of amides is 1. The van der Waals surface area contributed by atoms with Gasteiger partial charge in [0.15, 0.2) is 0 Å². The molecule has 0 fully saturated rings. The van der Waals surface area contributed by atoms with Gasteiger partial charge in [0.1, 0.15) is 0 Å². The predicted octanol–water partition coefficient (Wildman–Crippen LogP) is 2.79. The minimum atomic E-state index is -0.583. The van der Waals surface area contributed by atoms with E-state index in [9.17, 15) is 10.0 Å². The van der Waals surface area contributed by atoms with E-state index in [0.29, 0.717) is 36.9 Å². The number of hydrogen-bond acceptors (Lipinski definition) is 6. The van der Waals surface area contributed by atoms with Crippen LogP contribution in [0.1, 0.15) is 22.1 Å². The molecule has 0 saturated carbocycles. The van der Waals surface area contributed by atoms with Crippen LogP contribution in [-0.4, -0.2) is 51.9 Å². The van der Waals surface area contributed by atoms with Gasteiger partial charge in [0.05, 0.1) is 0 Å². The van der Waals surface area contributed by atoms with E-state index in [4.69, 9.17) is 5.73 Å². The molecule has 8 nitrogen and oxygen atoms in total. The van der Waals surface area contributed by atoms with Crippen molar-refractivity contribution in [2.24, 2.45) is 5.73 Å². The molecule has 0 saturated heterocycles. The van der Waals surface area contributed by atoms with Gasteiger partial charge in [0.2, 0.25) is 0 Å². The zero-order valence-electron chi connectivity index (χ0n) is 17.5. The number of benzene rings is 3. The van der Waals surface area contributed by atoms with Crippen molar-refractivity contribution in [3.63, 3.8) is 0 Å². The molecule has 4 aromatic rings. The molecule has 1 heterocycles. The summed E-state index contributed by atoms with van der Waals surface area (Å²) in [6.07, 6.45) is 3.20. The summed E-state index contributed by atoms with van der Waals surface area (Å²) in [5.41, 5.74) is 12.1. The Balaban J connectivity index is 1.80.